The van der Waals surface area contributed by atoms with E-state index < -0.39 is 17.7 Å². The van der Waals surface area contributed by atoms with Crippen molar-refractivity contribution in [1.29, 1.82) is 5.41 Å². The molecule has 0 atom stereocenters. The largest absolute Gasteiger partial charge is 0.444 e. The highest BCUT2D eigenvalue weighted by Crippen LogP contribution is 2.25. The number of urea groups is 1. The molecule has 1 saturated heterocycles. The number of rotatable bonds is 5. The fourth-order valence-corrected chi connectivity index (χ4v) is 3.79. The number of hydrogen-bond donors (Lipinski definition) is 5. The molecule has 0 spiro atoms. The molecule has 11 nitrogen and oxygen atoms in total. The summed E-state index contributed by atoms with van der Waals surface area (Å²) in [6, 6.07) is 6.16. The van der Waals surface area contributed by atoms with Gasteiger partial charge < -0.3 is 20.7 Å². The summed E-state index contributed by atoms with van der Waals surface area (Å²) in [6.45, 7) is 7.04. The van der Waals surface area contributed by atoms with Gasteiger partial charge in [0.1, 0.15) is 11.4 Å². The topological polar surface area (TPSA) is 162 Å². The highest BCUT2D eigenvalue weighted by atomic mass is 16.6. The van der Waals surface area contributed by atoms with Crippen molar-refractivity contribution in [3.8, 4) is 11.8 Å². The zero-order valence-corrected chi connectivity index (χ0v) is 22.3. The SMILES string of the molecule is CC(C)(C)OC(=O)NC(=N)c1ccc(NCC#CC2=CC=C(C(=O)N3CCCC3)C(=C=NNC(N)=O)C2)cc1. The zero-order valence-electron chi connectivity index (χ0n) is 22.3. The molecule has 4 amide bonds. The summed E-state index contributed by atoms with van der Waals surface area (Å²) in [4.78, 5) is 37.6. The van der Waals surface area contributed by atoms with Gasteiger partial charge in [0.15, 0.2) is 0 Å². The third kappa shape index (κ3) is 9.22. The van der Waals surface area contributed by atoms with Crippen LogP contribution in [0.2, 0.25) is 0 Å². The molecule has 1 heterocycles. The van der Waals surface area contributed by atoms with Crippen molar-refractivity contribution in [3.05, 3.63) is 58.7 Å². The Hall–Kier alpha value is -4.81. The summed E-state index contributed by atoms with van der Waals surface area (Å²) in [7, 11) is 0. The summed E-state index contributed by atoms with van der Waals surface area (Å²) in [5.74, 6) is 8.72. The fraction of sp³-hybridized carbons (Fsp3) is 0.357. The Morgan fingerprint density at radius 1 is 1.13 bits per heavy atom. The van der Waals surface area contributed by atoms with Gasteiger partial charge in [-0.05, 0) is 70.0 Å². The summed E-state index contributed by atoms with van der Waals surface area (Å²) in [5, 5.41) is 17.4. The monoisotopic (exact) mass is 531 g/mol. The van der Waals surface area contributed by atoms with E-state index >= 15 is 0 Å². The lowest BCUT2D eigenvalue weighted by molar-refractivity contribution is -0.125. The molecule has 1 fully saturated rings. The van der Waals surface area contributed by atoms with Gasteiger partial charge in [0.25, 0.3) is 5.91 Å². The first-order valence-corrected chi connectivity index (χ1v) is 12.5. The van der Waals surface area contributed by atoms with Crippen molar-refractivity contribution in [2.24, 2.45) is 10.8 Å². The molecule has 204 valence electrons. The summed E-state index contributed by atoms with van der Waals surface area (Å²) < 4.78 is 5.17. The quantitative estimate of drug-likeness (QED) is 0.170. The third-order valence-corrected chi connectivity index (χ3v) is 5.55. The van der Waals surface area contributed by atoms with E-state index in [9.17, 15) is 14.4 Å². The Kier molecular flexibility index (Phi) is 9.68. The third-order valence-electron chi connectivity index (χ3n) is 5.55. The Morgan fingerprint density at radius 2 is 1.82 bits per heavy atom. The van der Waals surface area contributed by atoms with Crippen LogP contribution in [0.25, 0.3) is 0 Å². The number of anilines is 1. The van der Waals surface area contributed by atoms with Crippen molar-refractivity contribution >= 4 is 35.4 Å². The molecule has 0 aromatic heterocycles. The number of hydrogen-bond acceptors (Lipinski definition) is 7. The molecule has 2 aliphatic rings. The van der Waals surface area contributed by atoms with E-state index in [-0.39, 0.29) is 11.7 Å². The number of carbonyl (C=O) groups excluding carboxylic acids is 3. The van der Waals surface area contributed by atoms with Crippen LogP contribution in [0.1, 0.15) is 45.6 Å². The molecule has 6 N–H and O–H groups in total. The fourth-order valence-electron chi connectivity index (χ4n) is 3.79. The van der Waals surface area contributed by atoms with E-state index in [1.54, 1.807) is 62.1 Å². The first-order chi connectivity index (χ1) is 18.5. The average molecular weight is 532 g/mol. The lowest BCUT2D eigenvalue weighted by Gasteiger charge is -2.20. The molecule has 0 saturated carbocycles. The molecule has 3 rings (SSSR count). The predicted octanol–water partition coefficient (Wildman–Crippen LogP) is 3.01. The number of alkyl carbamates (subject to hydrolysis) is 1. The second-order valence-electron chi connectivity index (χ2n) is 9.86. The minimum Gasteiger partial charge on any atom is -0.444 e. The van der Waals surface area contributed by atoms with Crippen LogP contribution in [-0.4, -0.2) is 59.9 Å². The van der Waals surface area contributed by atoms with Crippen molar-refractivity contribution < 1.29 is 19.1 Å². The van der Waals surface area contributed by atoms with E-state index in [1.165, 1.54) is 0 Å². The van der Waals surface area contributed by atoms with Gasteiger partial charge in [-0.25, -0.2) is 15.0 Å². The number of hydrazone groups is 1. The molecule has 1 aromatic carbocycles. The molecule has 1 aliphatic heterocycles. The van der Waals surface area contributed by atoms with Crippen LogP contribution in [0.15, 0.2) is 58.2 Å². The van der Waals surface area contributed by atoms with Crippen LogP contribution in [0.4, 0.5) is 15.3 Å². The Balaban J connectivity index is 1.60. The number of nitrogens with zero attached hydrogens (tertiary/aromatic N) is 2. The smallest absolute Gasteiger partial charge is 0.413 e. The maximum absolute atomic E-state index is 12.9. The van der Waals surface area contributed by atoms with Crippen LogP contribution in [0.5, 0.6) is 0 Å². The van der Waals surface area contributed by atoms with Crippen LogP contribution >= 0.6 is 0 Å². The number of amidine groups is 1. The van der Waals surface area contributed by atoms with E-state index in [0.29, 0.717) is 42.8 Å². The second-order valence-corrected chi connectivity index (χ2v) is 9.86. The predicted molar refractivity (Wildman–Crippen MR) is 149 cm³/mol. The summed E-state index contributed by atoms with van der Waals surface area (Å²) >= 11 is 0. The highest BCUT2D eigenvalue weighted by molar-refractivity contribution is 6.04. The summed E-state index contributed by atoms with van der Waals surface area (Å²) in [6.07, 6.45) is 5.12. The maximum Gasteiger partial charge on any atom is 0.413 e. The van der Waals surface area contributed by atoms with E-state index in [2.05, 4.69) is 38.9 Å². The van der Waals surface area contributed by atoms with Gasteiger partial charge in [0, 0.05) is 47.8 Å². The van der Waals surface area contributed by atoms with Crippen LogP contribution in [0.3, 0.4) is 0 Å². The van der Waals surface area contributed by atoms with Crippen LogP contribution in [-0.2, 0) is 9.53 Å². The standard InChI is InChI=1S/C28H33N7O4/c1-28(2,3)39-27(38)33-24(29)20-9-11-22(12-10-20)31-14-6-7-19-8-13-23(25(36)35-15-4-5-16-35)21(17-19)18-32-34-26(30)37/h8-13,31H,4-5,14-17H2,1-3H3,(H2,29,33,38)(H3,30,34,37). The molecule has 1 aliphatic carbocycles. The molecule has 0 unspecified atom stereocenters. The zero-order chi connectivity index (χ0) is 28.4. The lowest BCUT2D eigenvalue weighted by atomic mass is 9.93. The normalized spacial score (nSPS) is 14.5. The molecule has 39 heavy (non-hydrogen) atoms. The number of nitrogens with two attached hydrogens (primary N) is 1. The van der Waals surface area contributed by atoms with E-state index in [4.69, 9.17) is 15.9 Å². The molecular formula is C28H33N7O4. The number of primary amides is 1. The number of nitrogens with one attached hydrogen (secondary N) is 4. The van der Waals surface area contributed by atoms with Crippen molar-refractivity contribution in [2.75, 3.05) is 25.0 Å². The van der Waals surface area contributed by atoms with E-state index in [1.807, 2.05) is 0 Å². The number of likely N-dealkylation sites (tertiary alicyclic amines) is 1. The van der Waals surface area contributed by atoms with Crippen molar-refractivity contribution in [2.45, 2.75) is 45.6 Å². The van der Waals surface area contributed by atoms with Crippen LogP contribution in [0, 0.1) is 17.3 Å². The summed E-state index contributed by atoms with van der Waals surface area (Å²) in [5.41, 5.74) is 9.62. The van der Waals surface area contributed by atoms with Crippen LogP contribution < -0.4 is 21.8 Å². The Labute approximate surface area is 227 Å². The van der Waals surface area contributed by atoms with Crippen molar-refractivity contribution in [1.82, 2.24) is 15.6 Å². The minimum atomic E-state index is -0.818. The molecule has 0 bridgehead atoms. The van der Waals surface area contributed by atoms with Gasteiger partial charge in [0.05, 0.1) is 12.1 Å². The number of carbonyl (C=O) groups is 3. The lowest BCUT2D eigenvalue weighted by Crippen LogP contribution is -2.36. The Bertz CT molecular complexity index is 1310. The molecular weight excluding hydrogens is 498 g/mol. The maximum atomic E-state index is 12.9. The highest BCUT2D eigenvalue weighted by Gasteiger charge is 2.25. The van der Waals surface area contributed by atoms with Gasteiger partial charge in [-0.2, -0.15) is 0 Å². The first-order valence-electron chi connectivity index (χ1n) is 12.5. The molecule has 1 aromatic rings. The Morgan fingerprint density at radius 3 is 2.46 bits per heavy atom. The molecule has 11 heteroatoms. The van der Waals surface area contributed by atoms with Crippen molar-refractivity contribution in [3.63, 3.8) is 0 Å². The van der Waals surface area contributed by atoms with Gasteiger partial charge in [-0.3, -0.25) is 15.5 Å². The second kappa shape index (κ2) is 13.1. The number of ether oxygens (including phenoxy) is 1. The van der Waals surface area contributed by atoms with Gasteiger partial charge >= 0.3 is 12.1 Å². The van der Waals surface area contributed by atoms with Gasteiger partial charge in [-0.15, -0.1) is 5.10 Å². The van der Waals surface area contributed by atoms with E-state index in [0.717, 1.165) is 24.1 Å². The first kappa shape index (κ1) is 28.8. The average Bonchev–Trinajstić information content (AvgIpc) is 3.40. The van der Waals surface area contributed by atoms with Gasteiger partial charge in [0.2, 0.25) is 0 Å². The van der Waals surface area contributed by atoms with Gasteiger partial charge in [-0.1, -0.05) is 11.8 Å². The minimum absolute atomic E-state index is 0.0612. The number of amides is 4. The molecule has 0 radical (unpaired) electrons. The number of allylic oxidation sites excluding steroid dienone is 3. The number of benzene rings is 1.